The zero-order valence-electron chi connectivity index (χ0n) is 11.3. The Balaban J connectivity index is 0.00000180. The van der Waals surface area contributed by atoms with Crippen LogP contribution in [0.4, 0.5) is 0 Å². The number of carbonyl (C=O) groups is 1. The Morgan fingerprint density at radius 3 is 2.80 bits per heavy atom. The van der Waals surface area contributed by atoms with Crippen molar-refractivity contribution in [1.82, 2.24) is 14.9 Å². The number of nitrogens with two attached hydrogens (primary N) is 1. The third-order valence-corrected chi connectivity index (χ3v) is 2.71. The lowest BCUT2D eigenvalue weighted by molar-refractivity contribution is -0.121. The molecule has 0 saturated carbocycles. The molecule has 0 saturated heterocycles. The van der Waals surface area contributed by atoms with Crippen molar-refractivity contribution in [1.29, 1.82) is 0 Å². The van der Waals surface area contributed by atoms with Crippen LogP contribution in [0.3, 0.4) is 0 Å². The number of para-hydroxylation sites is 2. The van der Waals surface area contributed by atoms with Crippen LogP contribution in [0.5, 0.6) is 0 Å². The monoisotopic (exact) mass is 318 g/mol. The van der Waals surface area contributed by atoms with E-state index < -0.39 is 0 Å². The van der Waals surface area contributed by atoms with Gasteiger partial charge in [-0.05, 0) is 19.1 Å². The van der Waals surface area contributed by atoms with E-state index in [-0.39, 0.29) is 36.8 Å². The second-order valence-electron chi connectivity index (χ2n) is 4.46. The molecular weight excluding hydrogens is 299 g/mol. The molecule has 2 aromatic rings. The lowest BCUT2D eigenvalue weighted by Gasteiger charge is -2.08. The molecule has 3 N–H and O–H groups in total. The lowest BCUT2D eigenvalue weighted by Crippen LogP contribution is -2.31. The topological polar surface area (TPSA) is 72.9 Å². The van der Waals surface area contributed by atoms with Crippen LogP contribution in [0.25, 0.3) is 11.0 Å². The summed E-state index contributed by atoms with van der Waals surface area (Å²) in [6.45, 7) is 3.13. The molecule has 0 radical (unpaired) electrons. The highest BCUT2D eigenvalue weighted by atomic mass is 35.5. The highest BCUT2D eigenvalue weighted by Gasteiger charge is 2.05. The number of carbonyl (C=O) groups excluding carboxylic acids is 1. The molecule has 5 nitrogen and oxygen atoms in total. The average Bonchev–Trinajstić information content (AvgIpc) is 2.72. The van der Waals surface area contributed by atoms with Crippen LogP contribution in [-0.2, 0) is 11.3 Å². The van der Waals surface area contributed by atoms with Crippen molar-refractivity contribution in [2.75, 3.05) is 6.54 Å². The predicted molar refractivity (Wildman–Crippen MR) is 85.5 cm³/mol. The molecule has 20 heavy (non-hydrogen) atoms. The summed E-state index contributed by atoms with van der Waals surface area (Å²) in [4.78, 5) is 15.7. The molecule has 0 bridgehead atoms. The fourth-order valence-electron chi connectivity index (χ4n) is 1.87. The maximum absolute atomic E-state index is 11.4. The Morgan fingerprint density at radius 2 is 2.10 bits per heavy atom. The Kier molecular flexibility index (Phi) is 8.22. The van der Waals surface area contributed by atoms with E-state index in [9.17, 15) is 4.79 Å². The summed E-state index contributed by atoms with van der Waals surface area (Å²) >= 11 is 0. The molecule has 0 spiro atoms. The number of nitrogens with zero attached hydrogens (tertiary/aromatic N) is 2. The summed E-state index contributed by atoms with van der Waals surface area (Å²) in [5.74, 6) is -0.00517. The Labute approximate surface area is 130 Å². The first kappa shape index (κ1) is 18.7. The minimum absolute atomic E-state index is 0. The van der Waals surface area contributed by atoms with E-state index in [4.69, 9.17) is 5.73 Å². The van der Waals surface area contributed by atoms with Gasteiger partial charge in [-0.2, -0.15) is 0 Å². The zero-order chi connectivity index (χ0) is 13.0. The Morgan fingerprint density at radius 1 is 1.40 bits per heavy atom. The summed E-state index contributed by atoms with van der Waals surface area (Å²) in [6, 6.07) is 7.84. The molecule has 0 aliphatic carbocycles. The maximum atomic E-state index is 11.4. The molecule has 1 aromatic carbocycles. The van der Waals surface area contributed by atoms with Gasteiger partial charge in [-0.25, -0.2) is 4.98 Å². The molecule has 1 aromatic heterocycles. The second kappa shape index (κ2) is 8.79. The van der Waals surface area contributed by atoms with Crippen molar-refractivity contribution in [3.63, 3.8) is 0 Å². The number of amides is 1. The third kappa shape index (κ3) is 5.00. The van der Waals surface area contributed by atoms with Crippen LogP contribution < -0.4 is 11.1 Å². The summed E-state index contributed by atoms with van der Waals surface area (Å²) in [5, 5.41) is 2.85. The second-order valence-corrected chi connectivity index (χ2v) is 4.46. The smallest absolute Gasteiger partial charge is 0.221 e. The maximum Gasteiger partial charge on any atom is 0.221 e. The third-order valence-electron chi connectivity index (χ3n) is 2.71. The van der Waals surface area contributed by atoms with Crippen molar-refractivity contribution in [3.8, 4) is 0 Å². The molecule has 0 aliphatic heterocycles. The highest BCUT2D eigenvalue weighted by molar-refractivity contribution is 5.85. The van der Waals surface area contributed by atoms with E-state index >= 15 is 0 Å². The molecule has 1 amide bonds. The number of hydrogen-bond acceptors (Lipinski definition) is 3. The number of hydrogen-bond donors (Lipinski definition) is 2. The van der Waals surface area contributed by atoms with E-state index in [1.807, 2.05) is 35.8 Å². The van der Waals surface area contributed by atoms with E-state index in [2.05, 4.69) is 10.3 Å². The fourth-order valence-corrected chi connectivity index (χ4v) is 1.87. The molecule has 1 atom stereocenters. The molecule has 0 fully saturated rings. The van der Waals surface area contributed by atoms with Gasteiger partial charge in [-0.1, -0.05) is 12.1 Å². The van der Waals surface area contributed by atoms with Gasteiger partial charge in [0.25, 0.3) is 0 Å². The minimum Gasteiger partial charge on any atom is -0.354 e. The van der Waals surface area contributed by atoms with Crippen LogP contribution in [0.15, 0.2) is 30.6 Å². The van der Waals surface area contributed by atoms with Crippen molar-refractivity contribution < 1.29 is 4.79 Å². The number of imidazole rings is 1. The van der Waals surface area contributed by atoms with Crippen LogP contribution in [0, 0.1) is 0 Å². The van der Waals surface area contributed by atoms with Crippen molar-refractivity contribution >= 4 is 41.8 Å². The summed E-state index contributed by atoms with van der Waals surface area (Å²) < 4.78 is 2.03. The molecule has 112 valence electrons. The van der Waals surface area contributed by atoms with Gasteiger partial charge in [0.1, 0.15) is 0 Å². The van der Waals surface area contributed by atoms with Gasteiger partial charge in [0.05, 0.1) is 17.4 Å². The number of rotatable bonds is 5. The number of halogens is 2. The Hall–Kier alpha value is -1.30. The van der Waals surface area contributed by atoms with Crippen molar-refractivity contribution in [2.45, 2.75) is 25.9 Å². The first-order chi connectivity index (χ1) is 8.66. The van der Waals surface area contributed by atoms with Gasteiger partial charge in [0.15, 0.2) is 0 Å². The van der Waals surface area contributed by atoms with Crippen LogP contribution in [0.1, 0.15) is 13.3 Å². The van der Waals surface area contributed by atoms with Gasteiger partial charge in [-0.15, -0.1) is 24.8 Å². The van der Waals surface area contributed by atoms with Crippen molar-refractivity contribution in [3.05, 3.63) is 30.6 Å². The zero-order valence-corrected chi connectivity index (χ0v) is 12.9. The fraction of sp³-hybridized carbons (Fsp3) is 0.385. The van der Waals surface area contributed by atoms with E-state index in [0.29, 0.717) is 19.5 Å². The average molecular weight is 319 g/mol. The Bertz CT molecular complexity index is 542. The van der Waals surface area contributed by atoms with Gasteiger partial charge >= 0.3 is 0 Å². The SMILES string of the molecule is CC(N)CC(=O)NCCn1cnc2ccccc21.Cl.Cl. The van der Waals surface area contributed by atoms with E-state index in [1.165, 1.54) is 0 Å². The summed E-state index contributed by atoms with van der Waals surface area (Å²) in [5.41, 5.74) is 7.61. The first-order valence-electron chi connectivity index (χ1n) is 6.09. The summed E-state index contributed by atoms with van der Waals surface area (Å²) in [7, 11) is 0. The van der Waals surface area contributed by atoms with Crippen LogP contribution in [-0.4, -0.2) is 28.0 Å². The number of fused-ring (bicyclic) bond motifs is 1. The molecule has 1 heterocycles. The molecular formula is C13H20Cl2N4O. The number of aromatic nitrogens is 2. The van der Waals surface area contributed by atoms with Gasteiger partial charge in [0.2, 0.25) is 5.91 Å². The number of benzene rings is 1. The quantitative estimate of drug-likeness (QED) is 0.881. The predicted octanol–water partition coefficient (Wildman–Crippen LogP) is 1.73. The van der Waals surface area contributed by atoms with Crippen LogP contribution >= 0.6 is 24.8 Å². The lowest BCUT2D eigenvalue weighted by atomic mass is 10.2. The van der Waals surface area contributed by atoms with Crippen molar-refractivity contribution in [2.24, 2.45) is 5.73 Å². The van der Waals surface area contributed by atoms with Gasteiger partial charge in [-0.3, -0.25) is 4.79 Å². The van der Waals surface area contributed by atoms with Gasteiger partial charge in [0, 0.05) is 25.6 Å². The van der Waals surface area contributed by atoms with E-state index in [1.54, 1.807) is 6.33 Å². The highest BCUT2D eigenvalue weighted by Crippen LogP contribution is 2.10. The summed E-state index contributed by atoms with van der Waals surface area (Å²) in [6.07, 6.45) is 2.16. The minimum atomic E-state index is -0.0981. The standard InChI is InChI=1S/C13H18N4O.2ClH/c1-10(14)8-13(18)15-6-7-17-9-16-11-4-2-3-5-12(11)17;;/h2-5,9-10H,6-8,14H2,1H3,(H,15,18);2*1H. The first-order valence-corrected chi connectivity index (χ1v) is 6.09. The number of nitrogens with one attached hydrogen (secondary N) is 1. The molecule has 2 rings (SSSR count). The van der Waals surface area contributed by atoms with Gasteiger partial charge < -0.3 is 15.6 Å². The molecule has 1 unspecified atom stereocenters. The molecule has 0 aliphatic rings. The van der Waals surface area contributed by atoms with Crippen LogP contribution in [0.2, 0.25) is 0 Å². The molecule has 7 heteroatoms. The normalized spacial score (nSPS) is 11.3. The largest absolute Gasteiger partial charge is 0.354 e. The van der Waals surface area contributed by atoms with E-state index in [0.717, 1.165) is 11.0 Å².